The first kappa shape index (κ1) is 15.1. The van der Waals surface area contributed by atoms with Crippen LogP contribution >= 0.6 is 0 Å². The predicted octanol–water partition coefficient (Wildman–Crippen LogP) is 2.91. The first-order chi connectivity index (χ1) is 11.0. The van der Waals surface area contributed by atoms with Gasteiger partial charge < -0.3 is 10.5 Å². The summed E-state index contributed by atoms with van der Waals surface area (Å²) in [5.74, 6) is -2.79. The second kappa shape index (κ2) is 5.79. The summed E-state index contributed by atoms with van der Waals surface area (Å²) in [7, 11) is 0. The molecule has 0 aliphatic heterocycles. The van der Waals surface area contributed by atoms with Crippen molar-refractivity contribution < 1.29 is 23.1 Å². The SMILES string of the molecule is NC(=O)c1ccc(F)c(C(=O)OC2CCc3cc(F)ccc32)c1. The highest BCUT2D eigenvalue weighted by atomic mass is 19.1. The number of esters is 1. The summed E-state index contributed by atoms with van der Waals surface area (Å²) in [5, 5.41) is 0. The van der Waals surface area contributed by atoms with E-state index in [4.69, 9.17) is 10.5 Å². The van der Waals surface area contributed by atoms with Gasteiger partial charge in [0.1, 0.15) is 17.7 Å². The van der Waals surface area contributed by atoms with Gasteiger partial charge in [-0.25, -0.2) is 13.6 Å². The van der Waals surface area contributed by atoms with Crippen LogP contribution in [0.5, 0.6) is 0 Å². The lowest BCUT2D eigenvalue weighted by atomic mass is 10.1. The summed E-state index contributed by atoms with van der Waals surface area (Å²) in [4.78, 5) is 23.3. The number of aryl methyl sites for hydroxylation is 1. The lowest BCUT2D eigenvalue weighted by Gasteiger charge is -2.14. The van der Waals surface area contributed by atoms with Crippen molar-refractivity contribution in [2.45, 2.75) is 18.9 Å². The molecular formula is C17H13F2NO3. The number of amides is 1. The van der Waals surface area contributed by atoms with Crippen molar-refractivity contribution in [3.63, 3.8) is 0 Å². The summed E-state index contributed by atoms with van der Waals surface area (Å²) >= 11 is 0. The van der Waals surface area contributed by atoms with Crippen molar-refractivity contribution >= 4 is 11.9 Å². The molecule has 0 saturated heterocycles. The Morgan fingerprint density at radius 3 is 2.65 bits per heavy atom. The number of primary amides is 1. The summed E-state index contributed by atoms with van der Waals surface area (Å²) in [6, 6.07) is 7.51. The molecule has 2 aromatic carbocycles. The fourth-order valence-corrected chi connectivity index (χ4v) is 2.70. The Balaban J connectivity index is 1.84. The molecule has 0 fully saturated rings. The van der Waals surface area contributed by atoms with E-state index in [-0.39, 0.29) is 16.9 Å². The molecule has 2 aromatic rings. The number of halogens is 2. The molecule has 6 heteroatoms. The quantitative estimate of drug-likeness (QED) is 0.885. The molecule has 0 aromatic heterocycles. The van der Waals surface area contributed by atoms with Gasteiger partial charge in [-0.2, -0.15) is 0 Å². The molecule has 0 radical (unpaired) electrons. The minimum atomic E-state index is -0.882. The van der Waals surface area contributed by atoms with Gasteiger partial charge >= 0.3 is 5.97 Å². The van der Waals surface area contributed by atoms with Crippen LogP contribution in [0.25, 0.3) is 0 Å². The number of nitrogens with two attached hydrogens (primary N) is 1. The van der Waals surface area contributed by atoms with Gasteiger partial charge in [0.05, 0.1) is 5.56 Å². The van der Waals surface area contributed by atoms with Crippen LogP contribution < -0.4 is 5.73 Å². The van der Waals surface area contributed by atoms with Gasteiger partial charge in [-0.1, -0.05) is 6.07 Å². The van der Waals surface area contributed by atoms with E-state index < -0.39 is 23.8 Å². The first-order valence-electron chi connectivity index (χ1n) is 7.04. The number of fused-ring (bicyclic) bond motifs is 1. The van der Waals surface area contributed by atoms with Crippen molar-refractivity contribution in [2.75, 3.05) is 0 Å². The molecule has 3 rings (SSSR count). The number of ether oxygens (including phenoxy) is 1. The fraction of sp³-hybridized carbons (Fsp3) is 0.176. The first-order valence-corrected chi connectivity index (χ1v) is 7.04. The summed E-state index contributed by atoms with van der Waals surface area (Å²) < 4.78 is 32.3. The molecule has 1 amide bonds. The summed E-state index contributed by atoms with van der Waals surface area (Å²) in [6.07, 6.45) is 0.519. The van der Waals surface area contributed by atoms with Crippen LogP contribution in [0.15, 0.2) is 36.4 Å². The third-order valence-electron chi connectivity index (χ3n) is 3.85. The van der Waals surface area contributed by atoms with Crippen LogP contribution in [0.3, 0.4) is 0 Å². The number of carbonyl (C=O) groups excluding carboxylic acids is 2. The largest absolute Gasteiger partial charge is 0.454 e. The van der Waals surface area contributed by atoms with E-state index in [1.54, 1.807) is 6.07 Å². The highest BCUT2D eigenvalue weighted by molar-refractivity contribution is 5.97. The topological polar surface area (TPSA) is 69.4 Å². The van der Waals surface area contributed by atoms with E-state index in [9.17, 15) is 18.4 Å². The monoisotopic (exact) mass is 317 g/mol. The van der Waals surface area contributed by atoms with Crippen molar-refractivity contribution in [3.05, 3.63) is 70.3 Å². The fourth-order valence-electron chi connectivity index (χ4n) is 2.70. The van der Waals surface area contributed by atoms with Crippen molar-refractivity contribution in [1.29, 1.82) is 0 Å². The van der Waals surface area contributed by atoms with Crippen LogP contribution in [0, 0.1) is 11.6 Å². The third kappa shape index (κ3) is 2.92. The average Bonchev–Trinajstić information content (AvgIpc) is 2.89. The molecule has 4 nitrogen and oxygen atoms in total. The van der Waals surface area contributed by atoms with Gasteiger partial charge in [0.2, 0.25) is 5.91 Å². The zero-order valence-electron chi connectivity index (χ0n) is 12.0. The molecule has 2 N–H and O–H groups in total. The Bertz CT molecular complexity index is 804. The maximum atomic E-state index is 13.8. The van der Waals surface area contributed by atoms with Gasteiger partial charge in [0.25, 0.3) is 0 Å². The highest BCUT2D eigenvalue weighted by Crippen LogP contribution is 2.35. The number of hydrogen-bond donors (Lipinski definition) is 1. The number of rotatable bonds is 3. The molecule has 23 heavy (non-hydrogen) atoms. The zero-order chi connectivity index (χ0) is 16.6. The van der Waals surface area contributed by atoms with E-state index in [1.807, 2.05) is 0 Å². The molecule has 1 atom stereocenters. The second-order valence-corrected chi connectivity index (χ2v) is 5.33. The van der Waals surface area contributed by atoms with Crippen LogP contribution in [-0.2, 0) is 11.2 Å². The Kier molecular flexibility index (Phi) is 3.82. The van der Waals surface area contributed by atoms with Gasteiger partial charge in [-0.05, 0) is 54.3 Å². The van der Waals surface area contributed by atoms with Crippen LogP contribution in [0.4, 0.5) is 8.78 Å². The number of benzene rings is 2. The predicted molar refractivity (Wildman–Crippen MR) is 77.8 cm³/mol. The lowest BCUT2D eigenvalue weighted by Crippen LogP contribution is -2.15. The normalized spacial score (nSPS) is 16.0. The van der Waals surface area contributed by atoms with Gasteiger partial charge in [0.15, 0.2) is 0 Å². The molecule has 0 saturated carbocycles. The average molecular weight is 317 g/mol. The molecule has 1 aliphatic carbocycles. The van der Waals surface area contributed by atoms with Gasteiger partial charge in [-0.15, -0.1) is 0 Å². The van der Waals surface area contributed by atoms with Crippen LogP contribution in [0.2, 0.25) is 0 Å². The second-order valence-electron chi connectivity index (χ2n) is 5.33. The van der Waals surface area contributed by atoms with Gasteiger partial charge in [0, 0.05) is 5.56 Å². The zero-order valence-corrected chi connectivity index (χ0v) is 12.0. The van der Waals surface area contributed by atoms with E-state index in [2.05, 4.69) is 0 Å². The minimum Gasteiger partial charge on any atom is -0.454 e. The standard InChI is InChI=1S/C17H13F2NO3/c18-11-3-4-12-9(7-11)2-6-15(12)23-17(22)13-8-10(16(20)21)1-5-14(13)19/h1,3-5,7-8,15H,2,6H2,(H2,20,21). The summed E-state index contributed by atoms with van der Waals surface area (Å²) in [6.45, 7) is 0. The molecule has 0 heterocycles. The van der Waals surface area contributed by atoms with Crippen molar-refractivity contribution in [3.8, 4) is 0 Å². The maximum absolute atomic E-state index is 13.8. The number of hydrogen-bond acceptors (Lipinski definition) is 3. The summed E-state index contributed by atoms with van der Waals surface area (Å²) in [5.41, 5.74) is 6.28. The molecule has 1 unspecified atom stereocenters. The highest BCUT2D eigenvalue weighted by Gasteiger charge is 2.27. The molecule has 118 valence electrons. The minimum absolute atomic E-state index is 0.0206. The van der Waals surface area contributed by atoms with E-state index in [0.717, 1.165) is 17.7 Å². The lowest BCUT2D eigenvalue weighted by molar-refractivity contribution is 0.0296. The van der Waals surface area contributed by atoms with E-state index in [0.29, 0.717) is 18.4 Å². The Morgan fingerprint density at radius 2 is 1.91 bits per heavy atom. The Labute approximate surface area is 130 Å². The van der Waals surface area contributed by atoms with Crippen molar-refractivity contribution in [1.82, 2.24) is 0 Å². The maximum Gasteiger partial charge on any atom is 0.341 e. The Hall–Kier alpha value is -2.76. The molecule has 1 aliphatic rings. The molecule has 0 bridgehead atoms. The Morgan fingerprint density at radius 1 is 1.13 bits per heavy atom. The molecule has 0 spiro atoms. The van der Waals surface area contributed by atoms with Crippen LogP contribution in [-0.4, -0.2) is 11.9 Å². The third-order valence-corrected chi connectivity index (χ3v) is 3.85. The van der Waals surface area contributed by atoms with E-state index >= 15 is 0 Å². The van der Waals surface area contributed by atoms with Gasteiger partial charge in [-0.3, -0.25) is 4.79 Å². The van der Waals surface area contributed by atoms with Crippen molar-refractivity contribution in [2.24, 2.45) is 5.73 Å². The van der Waals surface area contributed by atoms with Crippen LogP contribution in [0.1, 0.15) is 44.4 Å². The molecular weight excluding hydrogens is 304 g/mol. The smallest absolute Gasteiger partial charge is 0.341 e. The number of carbonyl (C=O) groups is 2. The van der Waals surface area contributed by atoms with E-state index in [1.165, 1.54) is 18.2 Å².